The van der Waals surface area contributed by atoms with Gasteiger partial charge in [0.15, 0.2) is 11.6 Å². The minimum Gasteiger partial charge on any atom is -0.307 e. The molecular weight excluding hydrogens is 699 g/mol. The van der Waals surface area contributed by atoms with E-state index in [1.807, 2.05) is 12.1 Å². The largest absolute Gasteiger partial charge is 0.307 e. The van der Waals surface area contributed by atoms with Gasteiger partial charge in [0.25, 0.3) is 0 Å². The highest BCUT2D eigenvalue weighted by molar-refractivity contribution is 6.24. The zero-order valence-electron chi connectivity index (χ0n) is 31.2. The zero-order valence-corrected chi connectivity index (χ0v) is 31.2. The number of hydrogen-bond donors (Lipinski definition) is 0. The molecule has 1 atom stereocenters. The molecule has 270 valence electrons. The smallest absolute Gasteiger partial charge is 0.159 e. The van der Waals surface area contributed by atoms with E-state index >= 15 is 0 Å². The lowest BCUT2D eigenvalue weighted by Gasteiger charge is -2.17. The maximum absolute atomic E-state index is 5.32. The van der Waals surface area contributed by atoms with Crippen molar-refractivity contribution < 1.29 is 0 Å². The van der Waals surface area contributed by atoms with Gasteiger partial charge < -0.3 is 9.13 Å². The highest BCUT2D eigenvalue weighted by Gasteiger charge is 2.24. The molecule has 0 radical (unpaired) electrons. The predicted molar refractivity (Wildman–Crippen MR) is 231 cm³/mol. The maximum atomic E-state index is 5.32. The summed E-state index contributed by atoms with van der Waals surface area (Å²) in [5.74, 6) is 1.82. The van der Waals surface area contributed by atoms with Crippen LogP contribution in [0.15, 0.2) is 176 Å². The van der Waals surface area contributed by atoms with Crippen LogP contribution in [0.5, 0.6) is 0 Å². The minimum atomic E-state index is 0.426. The Kier molecular flexibility index (Phi) is 7.70. The molecule has 5 aromatic carbocycles. The first-order chi connectivity index (χ1) is 28.2. The summed E-state index contributed by atoms with van der Waals surface area (Å²) in [5.41, 5.74) is 12.5. The molecule has 11 rings (SSSR count). The van der Waals surface area contributed by atoms with Crippen LogP contribution in [0.4, 0.5) is 0 Å². The fourth-order valence-electron chi connectivity index (χ4n) is 8.45. The van der Waals surface area contributed by atoms with Crippen LogP contribution in [0.25, 0.3) is 94.6 Å². The molecule has 10 aromatic rings. The molecule has 0 fully saturated rings. The van der Waals surface area contributed by atoms with Crippen LogP contribution in [0.1, 0.15) is 19.0 Å². The predicted octanol–water partition coefficient (Wildman–Crippen LogP) is 11.8. The van der Waals surface area contributed by atoms with Crippen LogP contribution in [-0.2, 0) is 0 Å². The average Bonchev–Trinajstić information content (AvgIpc) is 3.80. The van der Waals surface area contributed by atoms with Crippen molar-refractivity contribution in [2.24, 2.45) is 5.92 Å². The summed E-state index contributed by atoms with van der Waals surface area (Å²) in [6.07, 6.45) is 15.0. The van der Waals surface area contributed by atoms with Gasteiger partial charge in [-0.3, -0.25) is 0 Å². The second-order valence-corrected chi connectivity index (χ2v) is 14.7. The molecule has 0 amide bonds. The minimum absolute atomic E-state index is 0.426. The van der Waals surface area contributed by atoms with E-state index < -0.39 is 0 Å². The van der Waals surface area contributed by atoms with Gasteiger partial charge in [-0.25, -0.2) is 24.9 Å². The molecule has 1 aliphatic carbocycles. The molecule has 0 aliphatic heterocycles. The van der Waals surface area contributed by atoms with E-state index in [-0.39, 0.29) is 0 Å². The first-order valence-corrected chi connectivity index (χ1v) is 19.3. The van der Waals surface area contributed by atoms with Crippen LogP contribution in [-0.4, -0.2) is 34.1 Å². The molecule has 1 unspecified atom stereocenters. The van der Waals surface area contributed by atoms with Gasteiger partial charge in [0.1, 0.15) is 0 Å². The van der Waals surface area contributed by atoms with Gasteiger partial charge in [0.2, 0.25) is 0 Å². The standard InChI is InChI=1S/C50H35N7/c1-32-11-8-14-34(27-32)44-31-38(30-43(55-44)33-12-4-2-5-13-33)57-46-22-18-36(50-53-25-10-26-54-50)29-42(46)40-20-19-39-41-28-35(49-51-23-9-24-52-49)17-21-45(41)56(47(39)48(40)57)37-15-6-3-7-16-37/h2-10,12-32H,11H2,1H3. The number of fused-ring (bicyclic) bond motifs is 7. The third-order valence-electron chi connectivity index (χ3n) is 11.0. The molecule has 5 aromatic heterocycles. The molecule has 0 bridgehead atoms. The van der Waals surface area contributed by atoms with Crippen molar-refractivity contribution in [3.8, 4) is 45.4 Å². The number of aromatic nitrogens is 7. The second kappa shape index (κ2) is 13.4. The Labute approximate surface area is 329 Å². The van der Waals surface area contributed by atoms with Gasteiger partial charge in [-0.05, 0) is 90.7 Å². The van der Waals surface area contributed by atoms with E-state index in [1.165, 1.54) is 0 Å². The van der Waals surface area contributed by atoms with E-state index in [1.54, 1.807) is 24.8 Å². The van der Waals surface area contributed by atoms with E-state index in [4.69, 9.17) is 4.98 Å². The lowest BCUT2D eigenvalue weighted by atomic mass is 9.95. The molecule has 0 saturated heterocycles. The van der Waals surface area contributed by atoms with Crippen molar-refractivity contribution >= 4 is 49.2 Å². The van der Waals surface area contributed by atoms with Crippen LogP contribution in [0, 0.1) is 5.92 Å². The van der Waals surface area contributed by atoms with Crippen molar-refractivity contribution in [2.45, 2.75) is 13.3 Å². The number of allylic oxidation sites excluding steroid dienone is 4. The molecule has 1 aliphatic rings. The number of para-hydroxylation sites is 1. The molecule has 57 heavy (non-hydrogen) atoms. The van der Waals surface area contributed by atoms with Gasteiger partial charge in [-0.2, -0.15) is 0 Å². The van der Waals surface area contributed by atoms with E-state index in [0.717, 1.165) is 95.1 Å². The monoisotopic (exact) mass is 733 g/mol. The highest BCUT2D eigenvalue weighted by atomic mass is 15.0. The zero-order chi connectivity index (χ0) is 37.9. The molecular formula is C50H35N7. The van der Waals surface area contributed by atoms with Gasteiger partial charge in [-0.1, -0.05) is 85.8 Å². The first kappa shape index (κ1) is 32.9. The topological polar surface area (TPSA) is 74.3 Å². The summed E-state index contributed by atoms with van der Waals surface area (Å²) >= 11 is 0. The van der Waals surface area contributed by atoms with E-state index in [9.17, 15) is 0 Å². The highest BCUT2D eigenvalue weighted by Crippen LogP contribution is 2.44. The molecule has 0 spiro atoms. The number of pyridine rings is 1. The van der Waals surface area contributed by atoms with Crippen molar-refractivity contribution in [1.82, 2.24) is 34.1 Å². The van der Waals surface area contributed by atoms with Crippen LogP contribution in [0.3, 0.4) is 0 Å². The maximum Gasteiger partial charge on any atom is 0.159 e. The van der Waals surface area contributed by atoms with Gasteiger partial charge >= 0.3 is 0 Å². The van der Waals surface area contributed by atoms with E-state index in [2.05, 4.69) is 176 Å². The summed E-state index contributed by atoms with van der Waals surface area (Å²) in [7, 11) is 0. The van der Waals surface area contributed by atoms with Crippen molar-refractivity contribution in [1.29, 1.82) is 0 Å². The Balaban J connectivity index is 1.30. The third-order valence-corrected chi connectivity index (χ3v) is 11.0. The summed E-state index contributed by atoms with van der Waals surface area (Å²) in [5, 5.41) is 4.51. The molecule has 0 N–H and O–H groups in total. The fourth-order valence-corrected chi connectivity index (χ4v) is 8.45. The average molecular weight is 734 g/mol. The SMILES string of the molecule is CC1C=C(c2cc(-n3c4ccc(-c5ncccn5)cc4c4ccc5c6cc(-c7ncccn7)ccc6n(-c6ccccc6)c5c43)cc(-c3ccccc3)n2)C=CC1. The van der Waals surface area contributed by atoms with Crippen molar-refractivity contribution in [3.05, 3.63) is 182 Å². The Bertz CT molecular complexity index is 3200. The van der Waals surface area contributed by atoms with E-state index in [0.29, 0.717) is 17.6 Å². The van der Waals surface area contributed by atoms with Gasteiger partial charge in [0, 0.05) is 68.7 Å². The van der Waals surface area contributed by atoms with Crippen molar-refractivity contribution in [3.63, 3.8) is 0 Å². The second-order valence-electron chi connectivity index (χ2n) is 14.7. The molecule has 7 nitrogen and oxygen atoms in total. The van der Waals surface area contributed by atoms with Gasteiger partial charge in [0.05, 0.1) is 39.1 Å². The first-order valence-electron chi connectivity index (χ1n) is 19.3. The number of rotatable bonds is 6. The molecule has 5 heterocycles. The Morgan fingerprint density at radius 1 is 0.491 bits per heavy atom. The number of hydrogen-bond acceptors (Lipinski definition) is 5. The lowest BCUT2D eigenvalue weighted by Crippen LogP contribution is -2.03. The number of benzene rings is 5. The summed E-state index contributed by atoms with van der Waals surface area (Å²) in [4.78, 5) is 23.8. The van der Waals surface area contributed by atoms with Crippen molar-refractivity contribution in [2.75, 3.05) is 0 Å². The molecule has 7 heteroatoms. The molecule has 0 saturated carbocycles. The van der Waals surface area contributed by atoms with Gasteiger partial charge in [-0.15, -0.1) is 0 Å². The fraction of sp³-hybridized carbons (Fsp3) is 0.0600. The summed E-state index contributed by atoms with van der Waals surface area (Å²) < 4.78 is 4.85. The Morgan fingerprint density at radius 2 is 1.04 bits per heavy atom. The normalized spacial score (nSPS) is 14.2. The Morgan fingerprint density at radius 3 is 1.61 bits per heavy atom. The van der Waals surface area contributed by atoms with Crippen LogP contribution >= 0.6 is 0 Å². The van der Waals surface area contributed by atoms with Crippen LogP contribution < -0.4 is 0 Å². The quantitative estimate of drug-likeness (QED) is 0.170. The van der Waals surface area contributed by atoms with Crippen LogP contribution in [0.2, 0.25) is 0 Å². The summed E-state index contributed by atoms with van der Waals surface area (Å²) in [6, 6.07) is 47.1. The summed E-state index contributed by atoms with van der Waals surface area (Å²) in [6.45, 7) is 2.26. The number of nitrogens with zero attached hydrogens (tertiary/aromatic N) is 7. The Hall–Kier alpha value is -7.51. The lowest BCUT2D eigenvalue weighted by molar-refractivity contribution is 0.739. The third kappa shape index (κ3) is 5.54.